The van der Waals surface area contributed by atoms with Gasteiger partial charge in [-0.3, -0.25) is 0 Å². The number of aromatic nitrogens is 2. The van der Waals surface area contributed by atoms with E-state index in [4.69, 9.17) is 9.84 Å². The zero-order valence-electron chi connectivity index (χ0n) is 9.67. The second-order valence-corrected chi connectivity index (χ2v) is 4.03. The van der Waals surface area contributed by atoms with Crippen molar-refractivity contribution in [1.29, 1.82) is 0 Å². The average molecular weight is 237 g/mol. The van der Waals surface area contributed by atoms with Gasteiger partial charge in [0, 0.05) is 26.3 Å². The van der Waals surface area contributed by atoms with Crippen LogP contribution in [0.3, 0.4) is 0 Å². The minimum atomic E-state index is -0.978. The summed E-state index contributed by atoms with van der Waals surface area (Å²) < 4.78 is 5.28. The molecule has 6 nitrogen and oxygen atoms in total. The van der Waals surface area contributed by atoms with Crippen LogP contribution in [0, 0.1) is 0 Å². The molecule has 1 aromatic rings. The van der Waals surface area contributed by atoms with Crippen LogP contribution in [0.15, 0.2) is 12.3 Å². The standard InChI is InChI=1S/C11H15N3O3/c1-14(8-3-6-17-7-4-8)10-9(11(15)16)2-5-12-13-10/h2,5,8H,3-4,6-7H2,1H3,(H,15,16). The van der Waals surface area contributed by atoms with Crippen LogP contribution in [-0.4, -0.2) is 47.6 Å². The normalized spacial score (nSPS) is 16.8. The third-order valence-corrected chi connectivity index (χ3v) is 3.00. The molecular weight excluding hydrogens is 222 g/mol. The molecule has 1 aliphatic rings. The van der Waals surface area contributed by atoms with Gasteiger partial charge < -0.3 is 14.7 Å². The zero-order chi connectivity index (χ0) is 12.3. The van der Waals surface area contributed by atoms with Gasteiger partial charge in [-0.05, 0) is 18.9 Å². The number of nitrogens with zero attached hydrogens (tertiary/aromatic N) is 3. The van der Waals surface area contributed by atoms with Gasteiger partial charge in [0.05, 0.1) is 6.20 Å². The first-order valence-corrected chi connectivity index (χ1v) is 5.55. The number of aromatic carboxylic acids is 1. The Kier molecular flexibility index (Phi) is 3.53. The summed E-state index contributed by atoms with van der Waals surface area (Å²) in [5.74, 6) is -0.555. The fourth-order valence-corrected chi connectivity index (χ4v) is 2.00. The molecule has 1 saturated heterocycles. The summed E-state index contributed by atoms with van der Waals surface area (Å²) in [7, 11) is 1.85. The lowest BCUT2D eigenvalue weighted by Gasteiger charge is -2.32. The van der Waals surface area contributed by atoms with Crippen molar-refractivity contribution in [3.05, 3.63) is 17.8 Å². The van der Waals surface area contributed by atoms with Crippen molar-refractivity contribution >= 4 is 11.8 Å². The van der Waals surface area contributed by atoms with Gasteiger partial charge in [-0.15, -0.1) is 5.10 Å². The Morgan fingerprint density at radius 2 is 2.24 bits per heavy atom. The minimum absolute atomic E-state index is 0.189. The van der Waals surface area contributed by atoms with Crippen LogP contribution in [0.25, 0.3) is 0 Å². The van der Waals surface area contributed by atoms with Gasteiger partial charge in [-0.2, -0.15) is 5.10 Å². The maximum atomic E-state index is 11.1. The SMILES string of the molecule is CN(c1nnccc1C(=O)O)C1CCOCC1. The fourth-order valence-electron chi connectivity index (χ4n) is 2.00. The molecule has 1 aromatic heterocycles. The van der Waals surface area contributed by atoms with E-state index in [9.17, 15) is 4.79 Å². The molecule has 1 fully saturated rings. The largest absolute Gasteiger partial charge is 0.478 e. The first-order chi connectivity index (χ1) is 8.20. The highest BCUT2D eigenvalue weighted by atomic mass is 16.5. The molecule has 0 aromatic carbocycles. The third kappa shape index (κ3) is 2.52. The van der Waals surface area contributed by atoms with Crippen molar-refractivity contribution in [2.45, 2.75) is 18.9 Å². The summed E-state index contributed by atoms with van der Waals surface area (Å²) in [6.45, 7) is 1.41. The van der Waals surface area contributed by atoms with Crippen LogP contribution in [0.1, 0.15) is 23.2 Å². The molecule has 2 heterocycles. The third-order valence-electron chi connectivity index (χ3n) is 3.00. The lowest BCUT2D eigenvalue weighted by molar-refractivity contribution is 0.0696. The Hall–Kier alpha value is -1.69. The van der Waals surface area contributed by atoms with Gasteiger partial charge >= 0.3 is 5.97 Å². The molecule has 6 heteroatoms. The summed E-state index contributed by atoms with van der Waals surface area (Å²) in [5.41, 5.74) is 0.189. The molecule has 0 aliphatic carbocycles. The lowest BCUT2D eigenvalue weighted by Crippen LogP contribution is -2.38. The van der Waals surface area contributed by atoms with Crippen LogP contribution in [0.2, 0.25) is 0 Å². The van der Waals surface area contributed by atoms with E-state index in [1.54, 1.807) is 0 Å². The maximum absolute atomic E-state index is 11.1. The highest BCUT2D eigenvalue weighted by Gasteiger charge is 2.23. The lowest BCUT2D eigenvalue weighted by atomic mass is 10.1. The molecule has 2 rings (SSSR count). The van der Waals surface area contributed by atoms with Gasteiger partial charge in [0.25, 0.3) is 0 Å². The van der Waals surface area contributed by atoms with Gasteiger partial charge in [-0.25, -0.2) is 4.79 Å². The van der Waals surface area contributed by atoms with E-state index in [2.05, 4.69) is 10.2 Å². The summed E-state index contributed by atoms with van der Waals surface area (Å²) >= 11 is 0. The Morgan fingerprint density at radius 3 is 2.88 bits per heavy atom. The zero-order valence-corrected chi connectivity index (χ0v) is 9.67. The van der Waals surface area contributed by atoms with E-state index < -0.39 is 5.97 Å². The first-order valence-electron chi connectivity index (χ1n) is 5.55. The number of carboxylic acid groups (broad SMARTS) is 1. The minimum Gasteiger partial charge on any atom is -0.478 e. The van der Waals surface area contributed by atoms with E-state index in [0.29, 0.717) is 19.0 Å². The van der Waals surface area contributed by atoms with Crippen molar-refractivity contribution in [3.63, 3.8) is 0 Å². The molecule has 1 N–H and O–H groups in total. The Morgan fingerprint density at radius 1 is 1.53 bits per heavy atom. The van der Waals surface area contributed by atoms with Crippen LogP contribution < -0.4 is 4.90 Å². The Balaban J connectivity index is 2.23. The molecule has 0 saturated carbocycles. The van der Waals surface area contributed by atoms with Crippen molar-refractivity contribution in [3.8, 4) is 0 Å². The highest BCUT2D eigenvalue weighted by Crippen LogP contribution is 2.21. The average Bonchev–Trinajstić information content (AvgIpc) is 2.39. The molecule has 0 unspecified atom stereocenters. The van der Waals surface area contributed by atoms with Crippen LogP contribution in [0.4, 0.5) is 5.82 Å². The van der Waals surface area contributed by atoms with E-state index in [1.807, 2.05) is 11.9 Å². The number of hydrogen-bond acceptors (Lipinski definition) is 5. The fraction of sp³-hybridized carbons (Fsp3) is 0.545. The monoisotopic (exact) mass is 237 g/mol. The van der Waals surface area contributed by atoms with E-state index in [1.165, 1.54) is 12.3 Å². The summed E-state index contributed by atoms with van der Waals surface area (Å²) in [6.07, 6.45) is 3.16. The summed E-state index contributed by atoms with van der Waals surface area (Å²) in [4.78, 5) is 13.0. The van der Waals surface area contributed by atoms with Gasteiger partial charge in [0.1, 0.15) is 5.56 Å². The first kappa shape index (κ1) is 11.8. The molecule has 17 heavy (non-hydrogen) atoms. The number of ether oxygens (including phenoxy) is 1. The number of carboxylic acids is 1. The quantitative estimate of drug-likeness (QED) is 0.837. The predicted molar refractivity (Wildman–Crippen MR) is 61.2 cm³/mol. The van der Waals surface area contributed by atoms with Crippen molar-refractivity contribution in [2.75, 3.05) is 25.2 Å². The topological polar surface area (TPSA) is 75.6 Å². The van der Waals surface area contributed by atoms with Crippen molar-refractivity contribution < 1.29 is 14.6 Å². The Labute approximate surface area is 99.2 Å². The Bertz CT molecular complexity index is 405. The van der Waals surface area contributed by atoms with Crippen molar-refractivity contribution in [1.82, 2.24) is 10.2 Å². The molecule has 0 spiro atoms. The number of hydrogen-bond donors (Lipinski definition) is 1. The number of anilines is 1. The number of rotatable bonds is 3. The van der Waals surface area contributed by atoms with Crippen LogP contribution in [0.5, 0.6) is 0 Å². The van der Waals surface area contributed by atoms with E-state index >= 15 is 0 Å². The maximum Gasteiger partial charge on any atom is 0.339 e. The molecular formula is C11H15N3O3. The molecule has 92 valence electrons. The highest BCUT2D eigenvalue weighted by molar-refractivity contribution is 5.93. The molecule has 0 amide bonds. The van der Waals surface area contributed by atoms with E-state index in [-0.39, 0.29) is 11.6 Å². The second-order valence-electron chi connectivity index (χ2n) is 4.03. The van der Waals surface area contributed by atoms with E-state index in [0.717, 1.165) is 12.8 Å². The smallest absolute Gasteiger partial charge is 0.339 e. The van der Waals surface area contributed by atoms with Crippen molar-refractivity contribution in [2.24, 2.45) is 0 Å². The van der Waals surface area contributed by atoms with Gasteiger partial charge in [0.15, 0.2) is 5.82 Å². The molecule has 0 bridgehead atoms. The van der Waals surface area contributed by atoms with Gasteiger partial charge in [-0.1, -0.05) is 0 Å². The second kappa shape index (κ2) is 5.09. The summed E-state index contributed by atoms with van der Waals surface area (Å²) in [5, 5.41) is 16.8. The number of carbonyl (C=O) groups is 1. The van der Waals surface area contributed by atoms with Crippen LogP contribution >= 0.6 is 0 Å². The molecule has 0 radical (unpaired) electrons. The molecule has 0 atom stereocenters. The molecule has 1 aliphatic heterocycles. The van der Waals surface area contributed by atoms with Gasteiger partial charge in [0.2, 0.25) is 0 Å². The predicted octanol–water partition coefficient (Wildman–Crippen LogP) is 0.790. The summed E-state index contributed by atoms with van der Waals surface area (Å²) in [6, 6.07) is 1.74. The van der Waals surface area contributed by atoms with Crippen LogP contribution in [-0.2, 0) is 4.74 Å².